The summed E-state index contributed by atoms with van der Waals surface area (Å²) < 4.78 is 17.9. The summed E-state index contributed by atoms with van der Waals surface area (Å²) in [5.41, 5.74) is 3.79. The molecule has 0 fully saturated rings. The van der Waals surface area contributed by atoms with Crippen LogP contribution >= 0.6 is 34.8 Å². The Morgan fingerprint density at radius 3 is 0.817 bits per heavy atom. The van der Waals surface area contributed by atoms with Gasteiger partial charge in [0.05, 0.1) is 0 Å². The first-order valence-electron chi connectivity index (χ1n) is 18.2. The van der Waals surface area contributed by atoms with Crippen molar-refractivity contribution in [2.75, 3.05) is 0 Å². The highest BCUT2D eigenvalue weighted by Gasteiger charge is 2.15. The lowest BCUT2D eigenvalue weighted by atomic mass is 10.1. The summed E-state index contributed by atoms with van der Waals surface area (Å²) in [6, 6.07) is 40.1. The van der Waals surface area contributed by atoms with Crippen LogP contribution in [0.4, 0.5) is 0 Å². The summed E-state index contributed by atoms with van der Waals surface area (Å²) in [6.07, 6.45) is 9.52. The summed E-state index contributed by atoms with van der Waals surface area (Å²) in [7, 11) is 0. The molecule has 1 heterocycles. The molecule has 0 aliphatic heterocycles. The van der Waals surface area contributed by atoms with E-state index in [2.05, 4.69) is 15.0 Å². The normalized spacial score (nSPS) is 11.2. The molecular weight excluding hydrogens is 821 g/mol. The highest BCUT2D eigenvalue weighted by Crippen LogP contribution is 2.28. The lowest BCUT2D eigenvalue weighted by Crippen LogP contribution is -2.02. The number of halogens is 3. The molecule has 7 rings (SSSR count). The van der Waals surface area contributed by atoms with E-state index < -0.39 is 0 Å². The van der Waals surface area contributed by atoms with E-state index in [-0.39, 0.29) is 35.4 Å². The molecule has 6 aromatic carbocycles. The van der Waals surface area contributed by atoms with E-state index in [9.17, 15) is 14.4 Å². The van der Waals surface area contributed by atoms with Gasteiger partial charge in [-0.25, -0.2) is 0 Å². The Hall–Kier alpha value is -7.17. The Kier molecular flexibility index (Phi) is 13.3. The summed E-state index contributed by atoms with van der Waals surface area (Å²) in [5, 5.41) is 1.82. The second kappa shape index (κ2) is 19.5. The van der Waals surface area contributed by atoms with Crippen molar-refractivity contribution in [1.29, 1.82) is 0 Å². The van der Waals surface area contributed by atoms with E-state index >= 15 is 0 Å². The lowest BCUT2D eigenvalue weighted by molar-refractivity contribution is 0.103. The largest absolute Gasteiger partial charge is 0.424 e. The number of hydrogen-bond donors (Lipinski definition) is 0. The molecule has 60 heavy (non-hydrogen) atoms. The molecule has 0 spiro atoms. The van der Waals surface area contributed by atoms with Crippen molar-refractivity contribution in [3.8, 4) is 35.3 Å². The minimum absolute atomic E-state index is 0.171. The standard InChI is InChI=1S/C48H30Cl3N3O6/c49-37-16-1-31(2-17-37)7-28-43(55)34-10-22-40(23-11-34)58-46-52-47(59-41-24-12-35(13-25-41)44(56)29-8-32-3-18-38(50)19-4-32)54-48(53-46)60-42-26-14-36(15-27-42)45(57)30-9-33-5-20-39(51)21-6-33/h1-30H/b28-7+,29-8+,30-9+. The van der Waals surface area contributed by atoms with E-state index in [1.807, 2.05) is 36.4 Å². The number of carbonyl (C=O) groups is 3. The van der Waals surface area contributed by atoms with Crippen molar-refractivity contribution in [1.82, 2.24) is 15.0 Å². The molecule has 1 aromatic heterocycles. The maximum absolute atomic E-state index is 12.8. The fourth-order valence-electron chi connectivity index (χ4n) is 5.36. The van der Waals surface area contributed by atoms with Gasteiger partial charge in [-0.05, 0) is 144 Å². The SMILES string of the molecule is O=C(/C=C/c1ccc(Cl)cc1)c1ccc(Oc2nc(Oc3ccc(C(=O)/C=C/c4ccc(Cl)cc4)cc3)nc(Oc3ccc(C(=O)/C=C/c4ccc(Cl)cc4)cc3)n2)cc1. The van der Waals surface area contributed by atoms with Gasteiger partial charge in [0.2, 0.25) is 0 Å². The zero-order chi connectivity index (χ0) is 41.8. The van der Waals surface area contributed by atoms with E-state index in [1.54, 1.807) is 127 Å². The molecule has 0 bridgehead atoms. The van der Waals surface area contributed by atoms with Crippen LogP contribution in [0.25, 0.3) is 18.2 Å². The molecule has 0 N–H and O–H groups in total. The van der Waals surface area contributed by atoms with Gasteiger partial charge in [0.1, 0.15) is 17.2 Å². The molecule has 294 valence electrons. The van der Waals surface area contributed by atoms with Gasteiger partial charge in [-0.15, -0.1) is 15.0 Å². The Labute approximate surface area is 359 Å². The van der Waals surface area contributed by atoms with Crippen LogP contribution in [0.5, 0.6) is 35.3 Å². The number of rotatable bonds is 15. The van der Waals surface area contributed by atoms with Gasteiger partial charge in [0.15, 0.2) is 17.3 Å². The van der Waals surface area contributed by atoms with Crippen molar-refractivity contribution < 1.29 is 28.6 Å². The number of ether oxygens (including phenoxy) is 3. The smallest absolute Gasteiger partial charge is 0.331 e. The van der Waals surface area contributed by atoms with Crippen LogP contribution in [-0.4, -0.2) is 32.3 Å². The lowest BCUT2D eigenvalue weighted by Gasteiger charge is -2.10. The number of allylic oxidation sites excluding steroid dienone is 3. The molecular formula is C48H30Cl3N3O6. The molecule has 0 radical (unpaired) electrons. The summed E-state index contributed by atoms with van der Waals surface area (Å²) in [6.45, 7) is 0. The number of nitrogens with zero attached hydrogens (tertiary/aromatic N) is 3. The van der Waals surface area contributed by atoms with Gasteiger partial charge in [0.25, 0.3) is 0 Å². The zero-order valence-electron chi connectivity index (χ0n) is 31.2. The minimum Gasteiger partial charge on any atom is -0.424 e. The zero-order valence-corrected chi connectivity index (χ0v) is 33.5. The first kappa shape index (κ1) is 41.0. The Morgan fingerprint density at radius 2 is 0.583 bits per heavy atom. The fraction of sp³-hybridized carbons (Fsp3) is 0. The molecule has 12 heteroatoms. The average molecular weight is 851 g/mol. The predicted molar refractivity (Wildman–Crippen MR) is 234 cm³/mol. The molecule has 0 aliphatic carbocycles. The van der Waals surface area contributed by atoms with Crippen molar-refractivity contribution >= 4 is 70.4 Å². The maximum atomic E-state index is 12.8. The number of carbonyl (C=O) groups excluding carboxylic acids is 3. The third kappa shape index (κ3) is 11.7. The number of ketones is 3. The monoisotopic (exact) mass is 849 g/mol. The first-order chi connectivity index (χ1) is 29.1. The minimum atomic E-state index is -0.210. The van der Waals surface area contributed by atoms with E-state index in [4.69, 9.17) is 49.0 Å². The maximum Gasteiger partial charge on any atom is 0.331 e. The van der Waals surface area contributed by atoms with E-state index in [0.29, 0.717) is 49.0 Å². The molecule has 0 saturated heterocycles. The summed E-state index contributed by atoms with van der Waals surface area (Å²) in [5.74, 6) is 0.331. The molecule has 0 saturated carbocycles. The van der Waals surface area contributed by atoms with Crippen LogP contribution in [0.3, 0.4) is 0 Å². The topological polar surface area (TPSA) is 118 Å². The van der Waals surface area contributed by atoms with Gasteiger partial charge >= 0.3 is 18.0 Å². The fourth-order valence-corrected chi connectivity index (χ4v) is 5.74. The third-order valence-corrected chi connectivity index (χ3v) is 9.27. The van der Waals surface area contributed by atoms with Gasteiger partial charge in [-0.1, -0.05) is 89.4 Å². The van der Waals surface area contributed by atoms with Crippen LogP contribution in [0, 0.1) is 0 Å². The third-order valence-electron chi connectivity index (χ3n) is 8.51. The Bertz CT molecular complexity index is 2400. The van der Waals surface area contributed by atoms with E-state index in [0.717, 1.165) is 16.7 Å². The van der Waals surface area contributed by atoms with Crippen LogP contribution in [0.1, 0.15) is 47.8 Å². The van der Waals surface area contributed by atoms with Gasteiger partial charge in [-0.3, -0.25) is 14.4 Å². The predicted octanol–water partition coefficient (Wildman–Crippen LogP) is 12.9. The molecule has 0 amide bonds. The molecule has 0 aliphatic rings. The Balaban J connectivity index is 1.07. The highest BCUT2D eigenvalue weighted by atomic mass is 35.5. The van der Waals surface area contributed by atoms with Crippen molar-refractivity contribution in [3.05, 3.63) is 212 Å². The van der Waals surface area contributed by atoms with Crippen LogP contribution in [0.15, 0.2) is 164 Å². The highest BCUT2D eigenvalue weighted by molar-refractivity contribution is 6.31. The van der Waals surface area contributed by atoms with Crippen LogP contribution in [0.2, 0.25) is 15.1 Å². The molecule has 7 aromatic rings. The second-order valence-corrected chi connectivity index (χ2v) is 14.1. The summed E-state index contributed by atoms with van der Waals surface area (Å²) >= 11 is 17.9. The molecule has 0 unspecified atom stereocenters. The van der Waals surface area contributed by atoms with Crippen LogP contribution < -0.4 is 14.2 Å². The number of aromatic nitrogens is 3. The van der Waals surface area contributed by atoms with Gasteiger partial charge in [0, 0.05) is 31.8 Å². The van der Waals surface area contributed by atoms with Gasteiger partial charge in [-0.2, -0.15) is 0 Å². The van der Waals surface area contributed by atoms with Gasteiger partial charge < -0.3 is 14.2 Å². The number of hydrogen-bond acceptors (Lipinski definition) is 9. The first-order valence-corrected chi connectivity index (χ1v) is 19.3. The van der Waals surface area contributed by atoms with E-state index in [1.165, 1.54) is 18.2 Å². The molecule has 9 nitrogen and oxygen atoms in total. The average Bonchev–Trinajstić information content (AvgIpc) is 3.26. The molecule has 0 atom stereocenters. The van der Waals surface area contributed by atoms with Crippen LogP contribution in [-0.2, 0) is 0 Å². The second-order valence-electron chi connectivity index (χ2n) is 12.8. The van der Waals surface area contributed by atoms with Crippen molar-refractivity contribution in [3.63, 3.8) is 0 Å². The van der Waals surface area contributed by atoms with Crippen molar-refractivity contribution in [2.24, 2.45) is 0 Å². The quantitative estimate of drug-likeness (QED) is 0.0734. The summed E-state index contributed by atoms with van der Waals surface area (Å²) in [4.78, 5) is 51.5. The van der Waals surface area contributed by atoms with Crippen molar-refractivity contribution in [2.45, 2.75) is 0 Å². The Morgan fingerprint density at radius 1 is 0.350 bits per heavy atom. The number of benzene rings is 6.